The zero-order valence-corrected chi connectivity index (χ0v) is 14.6. The molecule has 0 aliphatic carbocycles. The lowest BCUT2D eigenvalue weighted by Gasteiger charge is -2.15. The second kappa shape index (κ2) is 8.23. The Kier molecular flexibility index (Phi) is 6.31. The summed E-state index contributed by atoms with van der Waals surface area (Å²) in [5.41, 5.74) is 1.58. The zero-order valence-electron chi connectivity index (χ0n) is 13.1. The normalized spacial score (nSPS) is 11.8. The first-order chi connectivity index (χ1) is 11.0. The second-order valence-corrected chi connectivity index (χ2v) is 6.15. The van der Waals surface area contributed by atoms with Crippen molar-refractivity contribution in [1.82, 2.24) is 0 Å². The van der Waals surface area contributed by atoms with Crippen LogP contribution in [0, 0.1) is 0 Å². The molecule has 0 heterocycles. The first-order valence-corrected chi connectivity index (χ1v) is 8.23. The first kappa shape index (κ1) is 17.6. The van der Waals surface area contributed by atoms with Gasteiger partial charge in [0.25, 0.3) is 5.91 Å². The van der Waals surface area contributed by atoms with Gasteiger partial charge in [-0.3, -0.25) is 4.79 Å². The van der Waals surface area contributed by atoms with Gasteiger partial charge in [0.05, 0.1) is 10.7 Å². The van der Waals surface area contributed by atoms with E-state index in [4.69, 9.17) is 27.9 Å². The van der Waals surface area contributed by atoms with Crippen LogP contribution < -0.4 is 10.1 Å². The molecule has 122 valence electrons. The monoisotopic (exact) mass is 351 g/mol. The zero-order chi connectivity index (χ0) is 16.8. The molecule has 0 radical (unpaired) electrons. The number of hydrogen-bond acceptors (Lipinski definition) is 2. The van der Waals surface area contributed by atoms with Crippen LogP contribution in [0.1, 0.15) is 31.7 Å². The summed E-state index contributed by atoms with van der Waals surface area (Å²) in [5, 5.41) is 3.64. The molecular weight excluding hydrogens is 333 g/mol. The Bertz CT molecular complexity index is 688. The van der Waals surface area contributed by atoms with Crippen LogP contribution in [0.2, 0.25) is 10.0 Å². The van der Waals surface area contributed by atoms with Crippen LogP contribution in [0.5, 0.6) is 5.75 Å². The molecule has 0 fully saturated rings. The summed E-state index contributed by atoms with van der Waals surface area (Å²) in [7, 11) is 0. The minimum absolute atomic E-state index is 0.0870. The largest absolute Gasteiger partial charge is 0.483 e. The first-order valence-electron chi connectivity index (χ1n) is 7.48. The summed E-state index contributed by atoms with van der Waals surface area (Å²) < 4.78 is 5.68. The van der Waals surface area contributed by atoms with Crippen molar-refractivity contribution in [2.75, 3.05) is 11.9 Å². The predicted molar refractivity (Wildman–Crippen MR) is 95.7 cm³/mol. The van der Waals surface area contributed by atoms with Gasteiger partial charge >= 0.3 is 0 Å². The highest BCUT2D eigenvalue weighted by molar-refractivity contribution is 6.35. The highest BCUT2D eigenvalue weighted by atomic mass is 35.5. The molecule has 0 spiro atoms. The molecule has 1 atom stereocenters. The van der Waals surface area contributed by atoms with E-state index in [1.807, 2.05) is 24.3 Å². The van der Waals surface area contributed by atoms with E-state index in [9.17, 15) is 4.79 Å². The molecular formula is C18H19Cl2NO2. The van der Waals surface area contributed by atoms with E-state index in [1.54, 1.807) is 18.2 Å². The lowest BCUT2D eigenvalue weighted by Crippen LogP contribution is -2.20. The van der Waals surface area contributed by atoms with Crippen LogP contribution in [0.25, 0.3) is 0 Å². The van der Waals surface area contributed by atoms with Gasteiger partial charge in [0, 0.05) is 5.02 Å². The molecule has 0 saturated heterocycles. The lowest BCUT2D eigenvalue weighted by molar-refractivity contribution is -0.118. The number of anilines is 1. The number of carbonyl (C=O) groups is 1. The van der Waals surface area contributed by atoms with E-state index < -0.39 is 0 Å². The Morgan fingerprint density at radius 1 is 1.22 bits per heavy atom. The predicted octanol–water partition coefficient (Wildman–Crippen LogP) is 5.52. The molecule has 2 aromatic carbocycles. The number of amides is 1. The van der Waals surface area contributed by atoms with Gasteiger partial charge in [0.1, 0.15) is 5.75 Å². The number of nitrogens with one attached hydrogen (secondary N) is 1. The lowest BCUT2D eigenvalue weighted by atomic mass is 9.98. The molecule has 5 heteroatoms. The van der Waals surface area contributed by atoms with E-state index in [0.29, 0.717) is 21.7 Å². The Labute approximate surface area is 146 Å². The van der Waals surface area contributed by atoms with Crippen molar-refractivity contribution >= 4 is 34.8 Å². The van der Waals surface area contributed by atoms with E-state index in [0.717, 1.165) is 17.7 Å². The van der Waals surface area contributed by atoms with E-state index in [-0.39, 0.29) is 12.5 Å². The van der Waals surface area contributed by atoms with Crippen LogP contribution >= 0.6 is 23.2 Å². The number of hydrogen-bond donors (Lipinski definition) is 1. The summed E-state index contributed by atoms with van der Waals surface area (Å²) >= 11 is 11.9. The van der Waals surface area contributed by atoms with Crippen molar-refractivity contribution in [3.8, 4) is 5.75 Å². The molecule has 3 nitrogen and oxygen atoms in total. The maximum absolute atomic E-state index is 12.1. The summed E-state index contributed by atoms with van der Waals surface area (Å²) in [4.78, 5) is 12.1. The van der Waals surface area contributed by atoms with Crippen molar-refractivity contribution < 1.29 is 9.53 Å². The number of ether oxygens (including phenoxy) is 1. The summed E-state index contributed by atoms with van der Waals surface area (Å²) in [6.45, 7) is 4.17. The van der Waals surface area contributed by atoms with Crippen molar-refractivity contribution in [2.45, 2.75) is 26.2 Å². The quantitative estimate of drug-likeness (QED) is 0.743. The van der Waals surface area contributed by atoms with Gasteiger partial charge < -0.3 is 10.1 Å². The fraction of sp³-hybridized carbons (Fsp3) is 0.278. The Hall–Kier alpha value is -1.71. The van der Waals surface area contributed by atoms with Crippen LogP contribution in [0.4, 0.5) is 5.69 Å². The average molecular weight is 352 g/mol. The van der Waals surface area contributed by atoms with Gasteiger partial charge in [-0.2, -0.15) is 0 Å². The smallest absolute Gasteiger partial charge is 0.262 e. The molecule has 0 aromatic heterocycles. The third kappa shape index (κ3) is 4.88. The number of benzene rings is 2. The topological polar surface area (TPSA) is 38.3 Å². The van der Waals surface area contributed by atoms with Crippen LogP contribution in [0.15, 0.2) is 42.5 Å². The fourth-order valence-electron chi connectivity index (χ4n) is 2.16. The minimum Gasteiger partial charge on any atom is -0.483 e. The van der Waals surface area contributed by atoms with Gasteiger partial charge in [0.15, 0.2) is 6.61 Å². The molecule has 1 amide bonds. The fourth-order valence-corrected chi connectivity index (χ4v) is 2.50. The number of carbonyl (C=O) groups excluding carboxylic acids is 1. The molecule has 0 aliphatic heterocycles. The SMILES string of the molecule is CC[C@H](C)c1ccccc1OCC(=O)Nc1cc(Cl)ccc1Cl. The van der Waals surface area contributed by atoms with Crippen LogP contribution in [-0.2, 0) is 4.79 Å². The number of halogens is 2. The third-order valence-corrected chi connectivity index (χ3v) is 4.19. The van der Waals surface area contributed by atoms with Gasteiger partial charge in [-0.1, -0.05) is 55.2 Å². The molecule has 1 N–H and O–H groups in total. The molecule has 0 bridgehead atoms. The molecule has 2 aromatic rings. The molecule has 0 aliphatic rings. The third-order valence-electron chi connectivity index (χ3n) is 3.62. The van der Waals surface area contributed by atoms with E-state index in [1.165, 1.54) is 0 Å². The summed E-state index contributed by atoms with van der Waals surface area (Å²) in [6.07, 6.45) is 1.00. The van der Waals surface area contributed by atoms with Crippen molar-refractivity contribution in [1.29, 1.82) is 0 Å². The summed E-state index contributed by atoms with van der Waals surface area (Å²) in [6, 6.07) is 12.7. The van der Waals surface area contributed by atoms with Gasteiger partial charge in [-0.15, -0.1) is 0 Å². The molecule has 0 saturated carbocycles. The van der Waals surface area contributed by atoms with Crippen LogP contribution in [0.3, 0.4) is 0 Å². The highest BCUT2D eigenvalue weighted by Crippen LogP contribution is 2.29. The van der Waals surface area contributed by atoms with Crippen molar-refractivity contribution in [3.05, 3.63) is 58.1 Å². The second-order valence-electron chi connectivity index (χ2n) is 5.31. The van der Waals surface area contributed by atoms with Gasteiger partial charge in [-0.25, -0.2) is 0 Å². The number of para-hydroxylation sites is 1. The number of rotatable bonds is 6. The highest BCUT2D eigenvalue weighted by Gasteiger charge is 2.12. The Balaban J connectivity index is 2.01. The van der Waals surface area contributed by atoms with Crippen molar-refractivity contribution in [3.63, 3.8) is 0 Å². The minimum atomic E-state index is -0.284. The Morgan fingerprint density at radius 2 is 1.96 bits per heavy atom. The van der Waals surface area contributed by atoms with Crippen molar-refractivity contribution in [2.24, 2.45) is 0 Å². The van der Waals surface area contributed by atoms with E-state index >= 15 is 0 Å². The van der Waals surface area contributed by atoms with E-state index in [2.05, 4.69) is 19.2 Å². The van der Waals surface area contributed by atoms with Gasteiger partial charge in [-0.05, 0) is 42.2 Å². The Morgan fingerprint density at radius 3 is 2.70 bits per heavy atom. The van der Waals surface area contributed by atoms with Gasteiger partial charge in [0.2, 0.25) is 0 Å². The maximum atomic E-state index is 12.1. The standard InChI is InChI=1S/C18H19Cl2NO2/c1-3-12(2)14-6-4-5-7-17(14)23-11-18(22)21-16-10-13(19)8-9-15(16)20/h4-10,12H,3,11H2,1-2H3,(H,21,22)/t12-/m0/s1. The van der Waals surface area contributed by atoms with Crippen LogP contribution in [-0.4, -0.2) is 12.5 Å². The average Bonchev–Trinajstić information content (AvgIpc) is 2.56. The molecule has 23 heavy (non-hydrogen) atoms. The molecule has 2 rings (SSSR count). The summed E-state index contributed by atoms with van der Waals surface area (Å²) in [5.74, 6) is 0.818. The maximum Gasteiger partial charge on any atom is 0.262 e. The molecule has 0 unspecified atom stereocenters.